The molecule has 18 heavy (non-hydrogen) atoms. The maximum atomic E-state index is 10.9. The van der Waals surface area contributed by atoms with Crippen molar-refractivity contribution in [2.75, 3.05) is 6.61 Å². The van der Waals surface area contributed by atoms with Crippen LogP contribution in [0.4, 0.5) is 5.69 Å². The molecule has 6 nitrogen and oxygen atoms in total. The molecule has 0 amide bonds. The Balaban J connectivity index is 2.43. The zero-order valence-corrected chi connectivity index (χ0v) is 9.28. The molecule has 2 aromatic rings. The van der Waals surface area contributed by atoms with Crippen LogP contribution in [-0.4, -0.2) is 26.4 Å². The minimum atomic E-state index is -0.462. The van der Waals surface area contributed by atoms with Gasteiger partial charge in [-0.15, -0.1) is 0 Å². The van der Waals surface area contributed by atoms with Crippen LogP contribution in [0.15, 0.2) is 36.7 Å². The van der Waals surface area contributed by atoms with Crippen LogP contribution in [0.3, 0.4) is 0 Å². The normalized spacial score (nSPS) is 9.61. The fourth-order valence-electron chi connectivity index (χ4n) is 1.47. The molecule has 0 fully saturated rings. The Morgan fingerprint density at radius 3 is 2.94 bits per heavy atom. The van der Waals surface area contributed by atoms with Gasteiger partial charge in [0.1, 0.15) is 12.3 Å². The van der Waals surface area contributed by atoms with E-state index in [9.17, 15) is 10.1 Å². The van der Waals surface area contributed by atoms with E-state index in [-0.39, 0.29) is 12.3 Å². The average molecular weight is 243 g/mol. The van der Waals surface area contributed by atoms with Crippen LogP contribution < -0.4 is 0 Å². The highest BCUT2D eigenvalue weighted by Gasteiger charge is 2.14. The highest BCUT2D eigenvalue weighted by atomic mass is 16.6. The molecule has 0 radical (unpaired) electrons. The molecule has 1 heterocycles. The van der Waals surface area contributed by atoms with E-state index in [4.69, 9.17) is 5.11 Å². The van der Waals surface area contributed by atoms with E-state index in [2.05, 4.69) is 16.9 Å². The lowest BCUT2D eigenvalue weighted by Gasteiger charge is -2.01. The monoisotopic (exact) mass is 243 g/mol. The van der Waals surface area contributed by atoms with E-state index in [1.54, 1.807) is 24.4 Å². The molecule has 0 spiro atoms. The molecule has 0 aliphatic heterocycles. The van der Waals surface area contributed by atoms with Crippen molar-refractivity contribution >= 4 is 5.69 Å². The summed E-state index contributed by atoms with van der Waals surface area (Å²) in [4.78, 5) is 10.4. The van der Waals surface area contributed by atoms with Crippen LogP contribution in [0, 0.1) is 22.0 Å². The molecule has 0 saturated carbocycles. The van der Waals surface area contributed by atoms with Crippen LogP contribution in [-0.2, 0) is 0 Å². The maximum absolute atomic E-state index is 10.9. The van der Waals surface area contributed by atoms with Crippen molar-refractivity contribution in [2.45, 2.75) is 0 Å². The summed E-state index contributed by atoms with van der Waals surface area (Å²) >= 11 is 0. The van der Waals surface area contributed by atoms with Crippen molar-refractivity contribution in [2.24, 2.45) is 0 Å². The topological polar surface area (TPSA) is 81.2 Å². The van der Waals surface area contributed by atoms with Gasteiger partial charge in [0, 0.05) is 12.3 Å². The molecule has 1 aromatic heterocycles. The van der Waals surface area contributed by atoms with Gasteiger partial charge in [0.15, 0.2) is 0 Å². The summed E-state index contributed by atoms with van der Waals surface area (Å²) in [5.41, 5.74) is 0.934. The number of aliphatic hydroxyl groups is 1. The molecule has 0 atom stereocenters. The first-order valence-corrected chi connectivity index (χ1v) is 5.10. The van der Waals surface area contributed by atoms with Crippen LogP contribution in [0.25, 0.3) is 5.69 Å². The zero-order chi connectivity index (χ0) is 13.0. The van der Waals surface area contributed by atoms with Gasteiger partial charge in [-0.3, -0.25) is 10.1 Å². The minimum absolute atomic E-state index is 0.0257. The predicted molar refractivity (Wildman–Crippen MR) is 64.2 cm³/mol. The third kappa shape index (κ3) is 2.36. The second kappa shape index (κ2) is 5.12. The van der Waals surface area contributed by atoms with Crippen molar-refractivity contribution in [3.8, 4) is 17.5 Å². The van der Waals surface area contributed by atoms with E-state index < -0.39 is 4.92 Å². The maximum Gasteiger partial charge on any atom is 0.294 e. The third-order valence-electron chi connectivity index (χ3n) is 2.22. The lowest BCUT2D eigenvalue weighted by Crippen LogP contribution is -1.99. The summed E-state index contributed by atoms with van der Waals surface area (Å²) in [6.45, 7) is -0.239. The molecule has 2 rings (SSSR count). The molecule has 1 aromatic carbocycles. The Morgan fingerprint density at radius 2 is 2.22 bits per heavy atom. The number of aliphatic hydroxyl groups excluding tert-OH is 1. The van der Waals surface area contributed by atoms with E-state index in [0.29, 0.717) is 11.3 Å². The molecule has 0 unspecified atom stereocenters. The van der Waals surface area contributed by atoms with Crippen molar-refractivity contribution in [3.05, 3.63) is 52.3 Å². The molecule has 0 saturated heterocycles. The Bertz CT molecular complexity index is 637. The Morgan fingerprint density at radius 1 is 1.44 bits per heavy atom. The number of nitrogens with zero attached hydrogens (tertiary/aromatic N) is 3. The first-order chi connectivity index (χ1) is 8.72. The van der Waals surface area contributed by atoms with Crippen LogP contribution >= 0.6 is 0 Å². The van der Waals surface area contributed by atoms with Gasteiger partial charge in [-0.1, -0.05) is 24.0 Å². The Hall–Kier alpha value is -2.65. The fraction of sp³-hybridized carbons (Fsp3) is 0.0833. The van der Waals surface area contributed by atoms with Gasteiger partial charge in [0.05, 0.1) is 16.7 Å². The van der Waals surface area contributed by atoms with E-state index in [1.165, 1.54) is 16.9 Å². The van der Waals surface area contributed by atoms with Crippen molar-refractivity contribution in [3.63, 3.8) is 0 Å². The van der Waals surface area contributed by atoms with Crippen molar-refractivity contribution < 1.29 is 10.0 Å². The smallest absolute Gasteiger partial charge is 0.294 e. The number of aromatic nitrogens is 2. The lowest BCUT2D eigenvalue weighted by molar-refractivity contribution is -0.384. The minimum Gasteiger partial charge on any atom is -0.384 e. The number of para-hydroxylation sites is 2. The number of hydrogen-bond acceptors (Lipinski definition) is 4. The average Bonchev–Trinajstić information content (AvgIpc) is 2.85. The van der Waals surface area contributed by atoms with E-state index in [0.717, 1.165) is 0 Å². The summed E-state index contributed by atoms with van der Waals surface area (Å²) in [6.07, 6.45) is 3.06. The molecule has 6 heteroatoms. The number of nitro groups is 1. The molecule has 0 bridgehead atoms. The Kier molecular flexibility index (Phi) is 3.36. The van der Waals surface area contributed by atoms with E-state index >= 15 is 0 Å². The van der Waals surface area contributed by atoms with Gasteiger partial charge in [-0.05, 0) is 6.07 Å². The lowest BCUT2D eigenvalue weighted by atomic mass is 10.2. The molecule has 0 aliphatic carbocycles. The first kappa shape index (κ1) is 11.8. The van der Waals surface area contributed by atoms with Gasteiger partial charge in [-0.25, -0.2) is 4.68 Å². The summed E-state index contributed by atoms with van der Waals surface area (Å²) in [5, 5.41) is 23.5. The molecule has 1 N–H and O–H groups in total. The summed E-state index contributed by atoms with van der Waals surface area (Å²) in [6, 6.07) is 6.31. The Labute approximate surface area is 103 Å². The second-order valence-electron chi connectivity index (χ2n) is 3.38. The van der Waals surface area contributed by atoms with Gasteiger partial charge in [0.25, 0.3) is 5.69 Å². The quantitative estimate of drug-likeness (QED) is 0.487. The predicted octanol–water partition coefficient (Wildman–Crippen LogP) is 1.12. The van der Waals surface area contributed by atoms with Gasteiger partial charge < -0.3 is 5.11 Å². The standard InChI is InChI=1S/C12H9N3O3/c16-7-3-4-10-8-13-14(9-10)11-5-1-2-6-12(11)15(17)18/h1-2,5-6,8-9,16H,7H2. The zero-order valence-electron chi connectivity index (χ0n) is 9.28. The summed E-state index contributed by atoms with van der Waals surface area (Å²) in [7, 11) is 0. The molecule has 90 valence electrons. The number of rotatable bonds is 2. The highest BCUT2D eigenvalue weighted by molar-refractivity contribution is 5.52. The molecular formula is C12H9N3O3. The van der Waals surface area contributed by atoms with Gasteiger partial charge in [0.2, 0.25) is 0 Å². The van der Waals surface area contributed by atoms with Crippen LogP contribution in [0.1, 0.15) is 5.56 Å². The van der Waals surface area contributed by atoms with Gasteiger partial charge >= 0.3 is 0 Å². The van der Waals surface area contributed by atoms with E-state index in [1.807, 2.05) is 0 Å². The largest absolute Gasteiger partial charge is 0.384 e. The van der Waals surface area contributed by atoms with Crippen molar-refractivity contribution in [1.29, 1.82) is 0 Å². The number of hydrogen-bond donors (Lipinski definition) is 1. The number of benzene rings is 1. The second-order valence-corrected chi connectivity index (χ2v) is 3.38. The van der Waals surface area contributed by atoms with Crippen molar-refractivity contribution in [1.82, 2.24) is 9.78 Å². The molecular weight excluding hydrogens is 234 g/mol. The first-order valence-electron chi connectivity index (χ1n) is 5.10. The van der Waals surface area contributed by atoms with Crippen LogP contribution in [0.2, 0.25) is 0 Å². The van der Waals surface area contributed by atoms with Crippen LogP contribution in [0.5, 0.6) is 0 Å². The summed E-state index contributed by atoms with van der Waals surface area (Å²) in [5.74, 6) is 5.17. The molecule has 0 aliphatic rings. The van der Waals surface area contributed by atoms with Gasteiger partial charge in [-0.2, -0.15) is 5.10 Å². The number of nitro benzene ring substituents is 1. The highest BCUT2D eigenvalue weighted by Crippen LogP contribution is 2.21. The fourth-order valence-corrected chi connectivity index (χ4v) is 1.47. The summed E-state index contributed by atoms with van der Waals surface area (Å²) < 4.78 is 1.39. The third-order valence-corrected chi connectivity index (χ3v) is 2.22. The SMILES string of the molecule is O=[N+]([O-])c1ccccc1-n1cc(C#CCO)cn1.